The Hall–Kier alpha value is -1.32. The van der Waals surface area contributed by atoms with Crippen molar-refractivity contribution in [2.45, 2.75) is 13.3 Å². The summed E-state index contributed by atoms with van der Waals surface area (Å²) in [6.07, 6.45) is 1.99. The number of imidazole rings is 1. The normalized spacial score (nSPS) is 9.70. The third-order valence-corrected chi connectivity index (χ3v) is 1.08. The van der Waals surface area contributed by atoms with Crippen LogP contribution in [0.25, 0.3) is 0 Å². The smallest absolute Gasteiger partial charge is 0.197 e. The number of ketones is 1. The summed E-state index contributed by atoms with van der Waals surface area (Å²) in [6.45, 7) is 1.52. The van der Waals surface area contributed by atoms with Gasteiger partial charge in [0.2, 0.25) is 0 Å². The quantitative estimate of drug-likeness (QED) is 0.611. The first kappa shape index (κ1) is 6.80. The van der Waals surface area contributed by atoms with Gasteiger partial charge in [-0.15, -0.1) is 0 Å². The van der Waals surface area contributed by atoms with E-state index in [9.17, 15) is 4.79 Å². The molecule has 0 aliphatic carbocycles. The Kier molecular flexibility index (Phi) is 1.71. The second-order valence-corrected chi connectivity index (χ2v) is 2.16. The minimum atomic E-state index is 0.0894. The van der Waals surface area contributed by atoms with Crippen LogP contribution in [0.4, 0.5) is 5.95 Å². The number of nitrogen functional groups attached to an aromatic ring is 1. The van der Waals surface area contributed by atoms with Crippen LogP contribution in [0.3, 0.4) is 0 Å². The maximum absolute atomic E-state index is 10.5. The summed E-state index contributed by atoms with van der Waals surface area (Å²) in [4.78, 5) is 17.1. The molecule has 4 heteroatoms. The van der Waals surface area contributed by atoms with Crippen molar-refractivity contribution < 1.29 is 4.79 Å². The SMILES string of the molecule is CC(=O)Cc1c[nH]c(N)n1. The molecule has 1 aromatic heterocycles. The lowest BCUT2D eigenvalue weighted by atomic mass is 10.2. The molecule has 0 aliphatic heterocycles. The first-order chi connectivity index (χ1) is 4.68. The number of nitrogens with two attached hydrogens (primary N) is 1. The van der Waals surface area contributed by atoms with Gasteiger partial charge in [-0.3, -0.25) is 4.79 Å². The highest BCUT2D eigenvalue weighted by molar-refractivity contribution is 5.77. The molecule has 0 radical (unpaired) electrons. The molecule has 3 N–H and O–H groups in total. The second kappa shape index (κ2) is 2.51. The molecule has 0 aliphatic rings. The highest BCUT2D eigenvalue weighted by Gasteiger charge is 1.99. The van der Waals surface area contributed by atoms with E-state index in [4.69, 9.17) is 5.73 Å². The Morgan fingerprint density at radius 1 is 1.90 bits per heavy atom. The van der Waals surface area contributed by atoms with E-state index in [1.54, 1.807) is 6.20 Å². The number of hydrogen-bond donors (Lipinski definition) is 2. The molecular formula is C6H9N3O. The number of hydrogen-bond acceptors (Lipinski definition) is 3. The van der Waals surface area contributed by atoms with Crippen LogP contribution in [0.1, 0.15) is 12.6 Å². The fourth-order valence-electron chi connectivity index (χ4n) is 0.722. The minimum absolute atomic E-state index is 0.0894. The summed E-state index contributed by atoms with van der Waals surface area (Å²) in [5.41, 5.74) is 5.98. The molecule has 0 atom stereocenters. The molecule has 54 valence electrons. The van der Waals surface area contributed by atoms with E-state index in [1.165, 1.54) is 6.92 Å². The summed E-state index contributed by atoms with van der Waals surface area (Å²) >= 11 is 0. The summed E-state index contributed by atoms with van der Waals surface area (Å²) in [6, 6.07) is 0. The lowest BCUT2D eigenvalue weighted by molar-refractivity contribution is -0.116. The predicted molar refractivity (Wildman–Crippen MR) is 37.4 cm³/mol. The zero-order valence-electron chi connectivity index (χ0n) is 5.72. The standard InChI is InChI=1S/C6H9N3O/c1-4(10)2-5-3-8-6(7)9-5/h3H,2H2,1H3,(H3,7,8,9). The molecule has 1 rings (SSSR count). The number of aromatic nitrogens is 2. The molecule has 0 bridgehead atoms. The number of anilines is 1. The Labute approximate surface area is 58.5 Å². The average Bonchev–Trinajstić information content (AvgIpc) is 2.13. The topological polar surface area (TPSA) is 71.8 Å². The highest BCUT2D eigenvalue weighted by atomic mass is 16.1. The summed E-state index contributed by atoms with van der Waals surface area (Å²) < 4.78 is 0. The van der Waals surface area contributed by atoms with Crippen molar-refractivity contribution >= 4 is 11.7 Å². The molecule has 1 heterocycles. The van der Waals surface area contributed by atoms with Gasteiger partial charge in [0.25, 0.3) is 0 Å². The fraction of sp³-hybridized carbons (Fsp3) is 0.333. The summed E-state index contributed by atoms with van der Waals surface area (Å²) in [7, 11) is 0. The number of aromatic amines is 1. The molecule has 1 aromatic rings. The van der Waals surface area contributed by atoms with Gasteiger partial charge >= 0.3 is 0 Å². The van der Waals surface area contributed by atoms with E-state index in [1.807, 2.05) is 0 Å². The number of carbonyl (C=O) groups excluding carboxylic acids is 1. The third kappa shape index (κ3) is 1.58. The lowest BCUT2D eigenvalue weighted by Gasteiger charge is -1.85. The zero-order chi connectivity index (χ0) is 7.56. The van der Waals surface area contributed by atoms with E-state index >= 15 is 0 Å². The van der Waals surface area contributed by atoms with Gasteiger partial charge in [0.05, 0.1) is 5.69 Å². The van der Waals surface area contributed by atoms with Crippen LogP contribution in [0.5, 0.6) is 0 Å². The van der Waals surface area contributed by atoms with Gasteiger partial charge in [0.15, 0.2) is 5.95 Å². The van der Waals surface area contributed by atoms with Gasteiger partial charge < -0.3 is 10.7 Å². The van der Waals surface area contributed by atoms with Crippen molar-refractivity contribution in [3.63, 3.8) is 0 Å². The molecule has 0 fully saturated rings. The Balaban J connectivity index is 2.67. The number of Topliss-reactive ketones (excluding diaryl/α,β-unsaturated/α-hetero) is 1. The van der Waals surface area contributed by atoms with Crippen LogP contribution in [-0.2, 0) is 11.2 Å². The molecule has 0 spiro atoms. The van der Waals surface area contributed by atoms with E-state index in [-0.39, 0.29) is 5.78 Å². The van der Waals surface area contributed by atoms with E-state index in [0.717, 1.165) is 0 Å². The van der Waals surface area contributed by atoms with Gasteiger partial charge in [0.1, 0.15) is 5.78 Å². The second-order valence-electron chi connectivity index (χ2n) is 2.16. The van der Waals surface area contributed by atoms with Crippen LogP contribution >= 0.6 is 0 Å². The molecule has 10 heavy (non-hydrogen) atoms. The molecular weight excluding hydrogens is 130 g/mol. The predicted octanol–water partition coefficient (Wildman–Crippen LogP) is 0.123. The van der Waals surface area contributed by atoms with Crippen LogP contribution < -0.4 is 5.73 Å². The maximum atomic E-state index is 10.5. The van der Waals surface area contributed by atoms with Gasteiger partial charge in [-0.1, -0.05) is 0 Å². The highest BCUT2D eigenvalue weighted by Crippen LogP contribution is 1.98. The monoisotopic (exact) mass is 139 g/mol. The van der Waals surface area contributed by atoms with Crippen molar-refractivity contribution in [3.8, 4) is 0 Å². The number of nitrogens with one attached hydrogen (secondary N) is 1. The van der Waals surface area contributed by atoms with Crippen molar-refractivity contribution in [3.05, 3.63) is 11.9 Å². The Morgan fingerprint density at radius 3 is 3.00 bits per heavy atom. The van der Waals surface area contributed by atoms with Gasteiger partial charge in [-0.05, 0) is 6.92 Å². The molecule has 0 saturated carbocycles. The Morgan fingerprint density at radius 2 is 2.60 bits per heavy atom. The fourth-order valence-corrected chi connectivity index (χ4v) is 0.722. The van der Waals surface area contributed by atoms with E-state index < -0.39 is 0 Å². The molecule has 0 unspecified atom stereocenters. The van der Waals surface area contributed by atoms with Crippen molar-refractivity contribution in [1.29, 1.82) is 0 Å². The van der Waals surface area contributed by atoms with Gasteiger partial charge in [-0.2, -0.15) is 0 Å². The summed E-state index contributed by atoms with van der Waals surface area (Å²) in [5, 5.41) is 0. The van der Waals surface area contributed by atoms with Crippen molar-refractivity contribution in [1.82, 2.24) is 9.97 Å². The number of rotatable bonds is 2. The third-order valence-electron chi connectivity index (χ3n) is 1.08. The van der Waals surface area contributed by atoms with E-state index in [0.29, 0.717) is 18.1 Å². The van der Waals surface area contributed by atoms with Crippen LogP contribution in [0.15, 0.2) is 6.20 Å². The Bertz CT molecular complexity index is 241. The van der Waals surface area contributed by atoms with Gasteiger partial charge in [0, 0.05) is 12.6 Å². The van der Waals surface area contributed by atoms with E-state index in [2.05, 4.69) is 9.97 Å². The number of nitrogens with zero attached hydrogens (tertiary/aromatic N) is 1. The van der Waals surface area contributed by atoms with Crippen LogP contribution in [0, 0.1) is 0 Å². The minimum Gasteiger partial charge on any atom is -0.369 e. The molecule has 0 saturated heterocycles. The number of carbonyl (C=O) groups is 1. The van der Waals surface area contributed by atoms with Crippen LogP contribution in [0.2, 0.25) is 0 Å². The summed E-state index contributed by atoms with van der Waals surface area (Å²) in [5.74, 6) is 0.447. The zero-order valence-corrected chi connectivity index (χ0v) is 5.72. The van der Waals surface area contributed by atoms with Crippen LogP contribution in [-0.4, -0.2) is 15.8 Å². The molecule has 4 nitrogen and oxygen atoms in total. The van der Waals surface area contributed by atoms with Crippen molar-refractivity contribution in [2.24, 2.45) is 0 Å². The molecule has 0 amide bonds. The van der Waals surface area contributed by atoms with Gasteiger partial charge in [-0.25, -0.2) is 4.98 Å². The largest absolute Gasteiger partial charge is 0.369 e. The average molecular weight is 139 g/mol. The lowest BCUT2D eigenvalue weighted by Crippen LogP contribution is -1.96. The molecule has 0 aromatic carbocycles. The maximum Gasteiger partial charge on any atom is 0.197 e. The van der Waals surface area contributed by atoms with Crippen molar-refractivity contribution in [2.75, 3.05) is 5.73 Å². The first-order valence-corrected chi connectivity index (χ1v) is 2.97. The number of H-pyrrole nitrogens is 1. The first-order valence-electron chi connectivity index (χ1n) is 2.97.